The minimum atomic E-state index is -0.883. The first-order valence-electron chi connectivity index (χ1n) is 5.64. The Morgan fingerprint density at radius 2 is 1.94 bits per heavy atom. The molecule has 0 saturated heterocycles. The number of esters is 1. The van der Waals surface area contributed by atoms with Crippen LogP contribution in [0.1, 0.15) is 32.1 Å². The maximum atomic E-state index is 11.7. The van der Waals surface area contributed by atoms with Crippen LogP contribution in [-0.2, 0) is 14.3 Å². The molecular formula is C11H16Cl2O3. The van der Waals surface area contributed by atoms with Crippen molar-refractivity contribution in [3.63, 3.8) is 0 Å². The van der Waals surface area contributed by atoms with Crippen LogP contribution in [0.15, 0.2) is 0 Å². The smallest absolute Gasteiger partial charge is 0.312 e. The van der Waals surface area contributed by atoms with Crippen molar-refractivity contribution in [3.8, 4) is 0 Å². The van der Waals surface area contributed by atoms with Crippen molar-refractivity contribution in [1.82, 2.24) is 0 Å². The minimum absolute atomic E-state index is 0.0315. The van der Waals surface area contributed by atoms with Crippen LogP contribution in [0.4, 0.5) is 0 Å². The van der Waals surface area contributed by atoms with E-state index in [1.165, 1.54) is 0 Å². The molecule has 0 bridgehead atoms. The van der Waals surface area contributed by atoms with Gasteiger partial charge in [-0.25, -0.2) is 0 Å². The highest BCUT2D eigenvalue weighted by molar-refractivity contribution is 6.52. The lowest BCUT2D eigenvalue weighted by atomic mass is 9.95. The maximum Gasteiger partial charge on any atom is 0.312 e. The third-order valence-corrected chi connectivity index (χ3v) is 4.14. The number of carbonyl (C=O) groups excluding carboxylic acids is 1. The number of ether oxygens (including phenoxy) is 2. The molecule has 0 aromatic heterocycles. The predicted octanol–water partition coefficient (Wildman–Crippen LogP) is 2.68. The summed E-state index contributed by atoms with van der Waals surface area (Å²) >= 11 is 11.6. The Hall–Kier alpha value is 0.01000. The average molecular weight is 267 g/mol. The molecule has 0 N–H and O–H groups in total. The Morgan fingerprint density at radius 1 is 1.31 bits per heavy atom. The highest BCUT2D eigenvalue weighted by atomic mass is 35.5. The molecule has 2 fully saturated rings. The quantitative estimate of drug-likeness (QED) is 0.582. The van der Waals surface area contributed by atoms with Crippen molar-refractivity contribution >= 4 is 29.2 Å². The summed E-state index contributed by atoms with van der Waals surface area (Å²) in [6.45, 7) is 0. The summed E-state index contributed by atoms with van der Waals surface area (Å²) in [5.41, 5.74) is 0. The number of methoxy groups -OCH3 is 1. The fourth-order valence-electron chi connectivity index (χ4n) is 2.14. The van der Waals surface area contributed by atoms with Crippen molar-refractivity contribution < 1.29 is 14.3 Å². The molecule has 0 aromatic rings. The number of alkyl halides is 2. The molecule has 3 atom stereocenters. The van der Waals surface area contributed by atoms with Crippen molar-refractivity contribution in [3.05, 3.63) is 0 Å². The lowest BCUT2D eigenvalue weighted by Gasteiger charge is -2.27. The van der Waals surface area contributed by atoms with E-state index in [-0.39, 0.29) is 24.1 Å². The van der Waals surface area contributed by atoms with Crippen LogP contribution in [-0.4, -0.2) is 29.6 Å². The Kier molecular flexibility index (Phi) is 3.67. The van der Waals surface area contributed by atoms with E-state index in [4.69, 9.17) is 32.7 Å². The van der Waals surface area contributed by atoms with Crippen LogP contribution >= 0.6 is 23.2 Å². The fraction of sp³-hybridized carbons (Fsp3) is 0.909. The van der Waals surface area contributed by atoms with E-state index in [1.807, 2.05) is 0 Å². The number of halogens is 2. The molecule has 2 aliphatic rings. The van der Waals surface area contributed by atoms with Gasteiger partial charge in [0.05, 0.1) is 12.0 Å². The van der Waals surface area contributed by atoms with Crippen molar-refractivity contribution in [2.45, 2.75) is 48.6 Å². The van der Waals surface area contributed by atoms with Crippen molar-refractivity contribution in [2.24, 2.45) is 5.92 Å². The average Bonchev–Trinajstić information content (AvgIpc) is 2.88. The van der Waals surface area contributed by atoms with Gasteiger partial charge < -0.3 is 9.47 Å². The van der Waals surface area contributed by atoms with Crippen LogP contribution in [0.25, 0.3) is 0 Å². The van der Waals surface area contributed by atoms with Crippen molar-refractivity contribution in [2.75, 3.05) is 7.11 Å². The summed E-state index contributed by atoms with van der Waals surface area (Å²) in [6, 6.07) is 0. The molecule has 0 aromatic carbocycles. The van der Waals surface area contributed by atoms with Crippen LogP contribution in [0.3, 0.4) is 0 Å². The highest BCUT2D eigenvalue weighted by Gasteiger charge is 2.57. The van der Waals surface area contributed by atoms with E-state index in [9.17, 15) is 4.79 Å². The second-order valence-electron chi connectivity index (χ2n) is 4.60. The van der Waals surface area contributed by atoms with E-state index in [0.29, 0.717) is 6.42 Å². The Morgan fingerprint density at radius 3 is 2.50 bits per heavy atom. The summed E-state index contributed by atoms with van der Waals surface area (Å²) in [6.07, 6.45) is 4.47. The van der Waals surface area contributed by atoms with Gasteiger partial charge >= 0.3 is 5.97 Å². The highest BCUT2D eigenvalue weighted by Crippen LogP contribution is 2.53. The molecule has 2 rings (SSSR count). The molecule has 5 heteroatoms. The van der Waals surface area contributed by atoms with Gasteiger partial charge in [-0.05, 0) is 25.7 Å². The molecule has 0 spiro atoms. The normalized spacial score (nSPS) is 36.8. The second kappa shape index (κ2) is 4.71. The summed E-state index contributed by atoms with van der Waals surface area (Å²) in [5.74, 6) is -0.592. The van der Waals surface area contributed by atoms with Gasteiger partial charge in [0, 0.05) is 13.5 Å². The number of carbonyl (C=O) groups is 1. The van der Waals surface area contributed by atoms with Gasteiger partial charge in [0.25, 0.3) is 0 Å². The topological polar surface area (TPSA) is 35.5 Å². The fourth-order valence-corrected chi connectivity index (χ4v) is 2.63. The van der Waals surface area contributed by atoms with Gasteiger partial charge in [0.15, 0.2) is 0 Å². The molecule has 2 saturated carbocycles. The first-order chi connectivity index (χ1) is 7.53. The first-order valence-corrected chi connectivity index (χ1v) is 6.39. The molecule has 0 radical (unpaired) electrons. The van der Waals surface area contributed by atoms with Gasteiger partial charge in [0.2, 0.25) is 0 Å². The zero-order valence-electron chi connectivity index (χ0n) is 9.25. The third kappa shape index (κ3) is 2.82. The Bertz CT molecular complexity index is 280. The largest absolute Gasteiger partial charge is 0.462 e. The number of hydrogen-bond donors (Lipinski definition) is 0. The number of rotatable bonds is 3. The number of hydrogen-bond acceptors (Lipinski definition) is 3. The first kappa shape index (κ1) is 12.5. The molecule has 16 heavy (non-hydrogen) atoms. The lowest BCUT2D eigenvalue weighted by Crippen LogP contribution is -2.30. The van der Waals surface area contributed by atoms with E-state index in [0.717, 1.165) is 25.7 Å². The van der Waals surface area contributed by atoms with Crippen molar-refractivity contribution in [1.29, 1.82) is 0 Å². The lowest BCUT2D eigenvalue weighted by molar-refractivity contribution is -0.154. The zero-order valence-corrected chi connectivity index (χ0v) is 10.8. The van der Waals surface area contributed by atoms with E-state index in [2.05, 4.69) is 0 Å². The van der Waals surface area contributed by atoms with E-state index in [1.54, 1.807) is 7.11 Å². The Labute approximate surface area is 105 Å². The molecule has 0 aliphatic heterocycles. The van der Waals surface area contributed by atoms with Crippen LogP contribution in [0.5, 0.6) is 0 Å². The summed E-state index contributed by atoms with van der Waals surface area (Å²) in [7, 11) is 1.69. The molecule has 0 amide bonds. The summed E-state index contributed by atoms with van der Waals surface area (Å²) in [5, 5.41) is 0. The van der Waals surface area contributed by atoms with Gasteiger partial charge in [0.1, 0.15) is 10.4 Å². The van der Waals surface area contributed by atoms with Crippen LogP contribution in [0.2, 0.25) is 0 Å². The van der Waals surface area contributed by atoms with Gasteiger partial charge in [-0.3, -0.25) is 4.79 Å². The van der Waals surface area contributed by atoms with Gasteiger partial charge in [-0.2, -0.15) is 0 Å². The minimum Gasteiger partial charge on any atom is -0.462 e. The standard InChI is InChI=1S/C11H16Cl2O3/c1-15-7-3-2-4-8(5-7)16-10(14)9-6-11(9,12)13/h7-9H,2-6H2,1H3/t7-,8-,9-/m1/s1. The molecule has 92 valence electrons. The van der Waals surface area contributed by atoms with E-state index >= 15 is 0 Å². The molecule has 3 nitrogen and oxygen atoms in total. The molecule has 2 aliphatic carbocycles. The Balaban J connectivity index is 1.79. The monoisotopic (exact) mass is 266 g/mol. The van der Waals surface area contributed by atoms with Crippen LogP contribution in [0, 0.1) is 5.92 Å². The maximum absolute atomic E-state index is 11.7. The zero-order chi connectivity index (χ0) is 11.8. The summed E-state index contributed by atoms with van der Waals surface area (Å²) in [4.78, 5) is 11.7. The SMILES string of the molecule is CO[C@@H]1CCC[C@@H](OC(=O)[C@H]2CC2(Cl)Cl)C1. The molecule has 0 heterocycles. The molecule has 0 unspecified atom stereocenters. The van der Waals surface area contributed by atoms with Gasteiger partial charge in [-0.1, -0.05) is 0 Å². The second-order valence-corrected chi connectivity index (χ2v) is 6.14. The predicted molar refractivity (Wildman–Crippen MR) is 61.7 cm³/mol. The summed E-state index contributed by atoms with van der Waals surface area (Å²) < 4.78 is 9.79. The third-order valence-electron chi connectivity index (χ3n) is 3.30. The molecular weight excluding hydrogens is 251 g/mol. The van der Waals surface area contributed by atoms with Crippen LogP contribution < -0.4 is 0 Å². The van der Waals surface area contributed by atoms with Gasteiger partial charge in [-0.15, -0.1) is 23.2 Å². The van der Waals surface area contributed by atoms with E-state index < -0.39 is 4.33 Å².